The Morgan fingerprint density at radius 2 is 1.72 bits per heavy atom. The van der Waals surface area contributed by atoms with Crippen LogP contribution < -0.4 is 5.73 Å². The van der Waals surface area contributed by atoms with Gasteiger partial charge in [0.1, 0.15) is 0 Å². The molecule has 0 spiro atoms. The molecule has 0 amide bonds. The Morgan fingerprint density at radius 3 is 2.50 bits per heavy atom. The molecular weight excluding hydrogens is 222 g/mol. The summed E-state index contributed by atoms with van der Waals surface area (Å²) >= 11 is 0. The van der Waals surface area contributed by atoms with Crippen LogP contribution in [0.25, 0.3) is 11.1 Å². The van der Waals surface area contributed by atoms with E-state index < -0.39 is 0 Å². The lowest BCUT2D eigenvalue weighted by Crippen LogP contribution is -2.00. The van der Waals surface area contributed by atoms with Crippen LogP contribution in [-0.4, -0.2) is 16.3 Å². The molecule has 1 heterocycles. The van der Waals surface area contributed by atoms with E-state index in [-0.39, 0.29) is 0 Å². The van der Waals surface area contributed by atoms with Crippen molar-refractivity contribution >= 4 is 0 Å². The van der Waals surface area contributed by atoms with Crippen molar-refractivity contribution in [3.8, 4) is 11.1 Å². The summed E-state index contributed by atoms with van der Waals surface area (Å²) in [6.07, 6.45) is 8.83. The van der Waals surface area contributed by atoms with Gasteiger partial charge in [-0.3, -0.25) is 4.68 Å². The molecule has 3 heteroatoms. The summed E-state index contributed by atoms with van der Waals surface area (Å²) in [5, 5.41) is 4.40. The van der Waals surface area contributed by atoms with E-state index in [4.69, 9.17) is 5.73 Å². The first-order valence-electron chi connectivity index (χ1n) is 6.68. The summed E-state index contributed by atoms with van der Waals surface area (Å²) in [5.41, 5.74) is 7.89. The van der Waals surface area contributed by atoms with Crippen LogP contribution in [0.15, 0.2) is 42.7 Å². The first-order chi connectivity index (χ1) is 8.90. The fourth-order valence-corrected chi connectivity index (χ4v) is 2.04. The topological polar surface area (TPSA) is 43.8 Å². The second kappa shape index (κ2) is 6.97. The van der Waals surface area contributed by atoms with Crippen LogP contribution >= 0.6 is 0 Å². The molecule has 18 heavy (non-hydrogen) atoms. The lowest BCUT2D eigenvalue weighted by atomic mass is 10.1. The molecule has 2 rings (SSSR count). The summed E-state index contributed by atoms with van der Waals surface area (Å²) in [7, 11) is 0. The predicted octanol–water partition coefficient (Wildman–Crippen LogP) is 3.07. The van der Waals surface area contributed by atoms with Gasteiger partial charge in [0.15, 0.2) is 0 Å². The average molecular weight is 243 g/mol. The number of aryl methyl sites for hydroxylation is 1. The standard InChI is InChI=1S/C15H21N3/c16-10-6-1-2-7-11-18-13-15(12-17-18)14-8-4-3-5-9-14/h3-5,8-9,12-13H,1-2,6-7,10-11,16H2. The quantitative estimate of drug-likeness (QED) is 0.759. The third kappa shape index (κ3) is 3.70. The van der Waals surface area contributed by atoms with Crippen LogP contribution in [0.1, 0.15) is 25.7 Å². The zero-order valence-electron chi connectivity index (χ0n) is 10.8. The lowest BCUT2D eigenvalue weighted by molar-refractivity contribution is 0.537. The molecule has 0 fully saturated rings. The molecule has 2 N–H and O–H groups in total. The molecule has 0 aliphatic rings. The number of hydrogen-bond acceptors (Lipinski definition) is 2. The number of unbranched alkanes of at least 4 members (excludes halogenated alkanes) is 3. The van der Waals surface area contributed by atoms with E-state index in [1.54, 1.807) is 0 Å². The Kier molecular flexibility index (Phi) is 4.97. The zero-order valence-corrected chi connectivity index (χ0v) is 10.8. The Hall–Kier alpha value is -1.61. The number of hydrogen-bond donors (Lipinski definition) is 1. The molecule has 96 valence electrons. The zero-order chi connectivity index (χ0) is 12.6. The fourth-order valence-electron chi connectivity index (χ4n) is 2.04. The highest BCUT2D eigenvalue weighted by Gasteiger charge is 2.00. The minimum absolute atomic E-state index is 0.805. The summed E-state index contributed by atoms with van der Waals surface area (Å²) < 4.78 is 2.03. The van der Waals surface area contributed by atoms with Crippen molar-refractivity contribution < 1.29 is 0 Å². The Labute approximate surface area is 109 Å². The Balaban J connectivity index is 1.83. The predicted molar refractivity (Wildman–Crippen MR) is 75.2 cm³/mol. The van der Waals surface area contributed by atoms with Crippen molar-refractivity contribution in [1.82, 2.24) is 9.78 Å². The van der Waals surface area contributed by atoms with Crippen LogP contribution in [0.5, 0.6) is 0 Å². The molecule has 1 aromatic carbocycles. The maximum atomic E-state index is 5.47. The number of rotatable bonds is 7. The number of aromatic nitrogens is 2. The SMILES string of the molecule is NCCCCCCn1cc(-c2ccccc2)cn1. The number of nitrogens with two attached hydrogens (primary N) is 1. The minimum atomic E-state index is 0.805. The van der Waals surface area contributed by atoms with Crippen molar-refractivity contribution in [2.45, 2.75) is 32.2 Å². The van der Waals surface area contributed by atoms with Crippen molar-refractivity contribution in [2.24, 2.45) is 5.73 Å². The molecule has 0 aliphatic carbocycles. The third-order valence-corrected chi connectivity index (χ3v) is 3.08. The van der Waals surface area contributed by atoms with Crippen LogP contribution in [0.2, 0.25) is 0 Å². The van der Waals surface area contributed by atoms with E-state index in [0.717, 1.165) is 19.5 Å². The molecule has 0 aliphatic heterocycles. The van der Waals surface area contributed by atoms with Gasteiger partial charge in [-0.05, 0) is 24.9 Å². The average Bonchev–Trinajstić information content (AvgIpc) is 2.88. The van der Waals surface area contributed by atoms with Gasteiger partial charge in [0.2, 0.25) is 0 Å². The first-order valence-corrected chi connectivity index (χ1v) is 6.68. The van der Waals surface area contributed by atoms with E-state index in [0.29, 0.717) is 0 Å². The summed E-state index contributed by atoms with van der Waals surface area (Å²) in [6, 6.07) is 10.4. The molecule has 0 saturated heterocycles. The third-order valence-electron chi connectivity index (χ3n) is 3.08. The number of benzene rings is 1. The van der Waals surface area contributed by atoms with E-state index in [2.05, 4.69) is 35.6 Å². The molecule has 2 aromatic rings. The molecule has 1 aromatic heterocycles. The second-order valence-corrected chi connectivity index (χ2v) is 4.56. The summed E-state index contributed by atoms with van der Waals surface area (Å²) in [4.78, 5) is 0. The van der Waals surface area contributed by atoms with Gasteiger partial charge >= 0.3 is 0 Å². The molecule has 0 saturated carbocycles. The highest BCUT2D eigenvalue weighted by atomic mass is 15.3. The molecule has 0 unspecified atom stereocenters. The van der Waals surface area contributed by atoms with Gasteiger partial charge in [-0.2, -0.15) is 5.10 Å². The normalized spacial score (nSPS) is 10.7. The summed E-state index contributed by atoms with van der Waals surface area (Å²) in [6.45, 7) is 1.80. The van der Waals surface area contributed by atoms with E-state index in [1.807, 2.05) is 16.9 Å². The molecule has 0 bridgehead atoms. The minimum Gasteiger partial charge on any atom is -0.330 e. The Bertz CT molecular complexity index is 448. The molecular formula is C15H21N3. The maximum Gasteiger partial charge on any atom is 0.0568 e. The van der Waals surface area contributed by atoms with Crippen LogP contribution in [0.4, 0.5) is 0 Å². The van der Waals surface area contributed by atoms with Crippen molar-refractivity contribution in [2.75, 3.05) is 6.54 Å². The number of nitrogens with zero attached hydrogens (tertiary/aromatic N) is 2. The maximum absolute atomic E-state index is 5.47. The second-order valence-electron chi connectivity index (χ2n) is 4.56. The van der Waals surface area contributed by atoms with Crippen LogP contribution in [-0.2, 0) is 6.54 Å². The van der Waals surface area contributed by atoms with Crippen LogP contribution in [0, 0.1) is 0 Å². The molecule has 0 radical (unpaired) electrons. The van der Waals surface area contributed by atoms with Crippen molar-refractivity contribution in [1.29, 1.82) is 0 Å². The van der Waals surface area contributed by atoms with Gasteiger partial charge in [-0.1, -0.05) is 43.2 Å². The Morgan fingerprint density at radius 1 is 0.944 bits per heavy atom. The van der Waals surface area contributed by atoms with Gasteiger partial charge in [0.05, 0.1) is 6.20 Å². The van der Waals surface area contributed by atoms with Gasteiger partial charge in [0, 0.05) is 18.3 Å². The monoisotopic (exact) mass is 243 g/mol. The molecule has 0 atom stereocenters. The van der Waals surface area contributed by atoms with Crippen LogP contribution in [0.3, 0.4) is 0 Å². The highest BCUT2D eigenvalue weighted by molar-refractivity contribution is 5.61. The van der Waals surface area contributed by atoms with E-state index in [9.17, 15) is 0 Å². The first kappa shape index (κ1) is 12.8. The largest absolute Gasteiger partial charge is 0.330 e. The van der Waals surface area contributed by atoms with Gasteiger partial charge in [-0.25, -0.2) is 0 Å². The van der Waals surface area contributed by atoms with E-state index in [1.165, 1.54) is 30.4 Å². The van der Waals surface area contributed by atoms with Gasteiger partial charge in [0.25, 0.3) is 0 Å². The van der Waals surface area contributed by atoms with Gasteiger partial charge in [-0.15, -0.1) is 0 Å². The fraction of sp³-hybridized carbons (Fsp3) is 0.400. The smallest absolute Gasteiger partial charge is 0.0568 e. The molecule has 3 nitrogen and oxygen atoms in total. The van der Waals surface area contributed by atoms with Crippen molar-refractivity contribution in [3.63, 3.8) is 0 Å². The summed E-state index contributed by atoms with van der Waals surface area (Å²) in [5.74, 6) is 0. The van der Waals surface area contributed by atoms with Crippen molar-refractivity contribution in [3.05, 3.63) is 42.7 Å². The van der Waals surface area contributed by atoms with Gasteiger partial charge < -0.3 is 5.73 Å². The van der Waals surface area contributed by atoms with E-state index >= 15 is 0 Å². The lowest BCUT2D eigenvalue weighted by Gasteiger charge is -2.01. The highest BCUT2D eigenvalue weighted by Crippen LogP contribution is 2.17.